The van der Waals surface area contributed by atoms with E-state index in [2.05, 4.69) is 31.5 Å². The van der Waals surface area contributed by atoms with Gasteiger partial charge in [0.1, 0.15) is 0 Å². The number of amides is 1. The van der Waals surface area contributed by atoms with E-state index in [1.165, 1.54) is 37.7 Å². The summed E-state index contributed by atoms with van der Waals surface area (Å²) in [5, 5.41) is 2.92. The molecule has 0 aromatic rings. The van der Waals surface area contributed by atoms with Gasteiger partial charge in [-0.3, -0.25) is 4.79 Å². The number of hydrogen-bond acceptors (Lipinski definition) is 1. The Morgan fingerprint density at radius 2 is 1.32 bits per heavy atom. The predicted molar refractivity (Wildman–Crippen MR) is 130 cm³/mol. The molecule has 2 heteroatoms. The number of hydrogen-bond donors (Lipinski definition) is 1. The number of carbonyl (C=O) groups excluding carboxylic acids is 1. The van der Waals surface area contributed by atoms with E-state index >= 15 is 0 Å². The van der Waals surface area contributed by atoms with Gasteiger partial charge in [-0.05, 0) is 46.6 Å². The molecule has 1 aliphatic carbocycles. The van der Waals surface area contributed by atoms with Crippen molar-refractivity contribution in [1.82, 2.24) is 5.32 Å². The van der Waals surface area contributed by atoms with Gasteiger partial charge in [-0.25, -0.2) is 0 Å². The van der Waals surface area contributed by atoms with Crippen LogP contribution in [-0.4, -0.2) is 12.5 Å². The summed E-state index contributed by atoms with van der Waals surface area (Å²) >= 11 is 0. The fourth-order valence-corrected chi connectivity index (χ4v) is 2.17. The minimum atomic E-state index is -0.0191. The Labute approximate surface area is 176 Å². The zero-order valence-corrected chi connectivity index (χ0v) is 20.1. The molecule has 0 bridgehead atoms. The van der Waals surface area contributed by atoms with E-state index in [0.29, 0.717) is 6.54 Å². The van der Waals surface area contributed by atoms with Gasteiger partial charge in [0.25, 0.3) is 0 Å². The van der Waals surface area contributed by atoms with Crippen molar-refractivity contribution in [3.8, 4) is 0 Å². The smallest absolute Gasteiger partial charge is 0.246 e. The van der Waals surface area contributed by atoms with Crippen molar-refractivity contribution in [3.05, 3.63) is 59.8 Å². The molecule has 1 fully saturated rings. The Kier molecular flexibility index (Phi) is 25.6. The van der Waals surface area contributed by atoms with Gasteiger partial charge < -0.3 is 5.32 Å². The Morgan fingerprint density at radius 1 is 0.929 bits per heavy atom. The Hall–Kier alpha value is -1.83. The van der Waals surface area contributed by atoms with E-state index in [1.807, 2.05) is 60.6 Å². The number of nitrogens with one attached hydrogen (secondary N) is 1. The number of allylic oxidation sites excluding steroid dienone is 5. The van der Waals surface area contributed by atoms with Crippen LogP contribution in [0, 0.1) is 0 Å². The average molecular weight is 390 g/mol. The molecular formula is C26H47NO. The lowest BCUT2D eigenvalue weighted by Gasteiger charge is -2.11. The van der Waals surface area contributed by atoms with Gasteiger partial charge in [0, 0.05) is 12.1 Å². The summed E-state index contributed by atoms with van der Waals surface area (Å²) in [6, 6.07) is 0. The zero-order valence-electron chi connectivity index (χ0n) is 20.1. The van der Waals surface area contributed by atoms with Gasteiger partial charge in [0.15, 0.2) is 0 Å². The first-order valence-corrected chi connectivity index (χ1v) is 10.9. The van der Waals surface area contributed by atoms with E-state index in [9.17, 15) is 4.79 Å². The summed E-state index contributed by atoms with van der Waals surface area (Å²) in [6.07, 6.45) is 16.1. The lowest BCUT2D eigenvalue weighted by atomic mass is 10.0. The van der Waals surface area contributed by atoms with Gasteiger partial charge in [0.05, 0.1) is 0 Å². The van der Waals surface area contributed by atoms with Gasteiger partial charge in [-0.15, -0.1) is 6.58 Å². The molecule has 1 rings (SSSR count). The number of carbonyl (C=O) groups is 1. The molecule has 0 heterocycles. The monoisotopic (exact) mass is 389 g/mol. The third-order valence-electron chi connectivity index (χ3n) is 4.25. The third-order valence-corrected chi connectivity index (χ3v) is 4.25. The van der Waals surface area contributed by atoms with Gasteiger partial charge in [-0.1, -0.05) is 94.9 Å². The standard InChI is InChI=1S/C16H25NO.C5H10.C3H6.C2H6/c1-7-12(4)10-15(13(5)8-2)11-17-16(18)14(6)9-3;1-2-4-5-3-1;1-3-2;1-2/h8-10H,4,7,11H2,1-3,5-6H3,(H,17,18);1-5H2;3H,1H2,2H3;1-2H3/b13-8-,14-9+,15-10-;;;. The zero-order chi connectivity index (χ0) is 22.4. The first-order chi connectivity index (χ1) is 13.4. The first kappa shape index (κ1) is 30.9. The highest BCUT2D eigenvalue weighted by molar-refractivity contribution is 5.92. The number of rotatable bonds is 6. The molecule has 1 amide bonds. The normalized spacial score (nSPS) is 13.6. The molecule has 2 nitrogen and oxygen atoms in total. The van der Waals surface area contributed by atoms with Crippen LogP contribution >= 0.6 is 0 Å². The van der Waals surface area contributed by atoms with Crippen molar-refractivity contribution in [2.75, 3.05) is 6.54 Å². The molecule has 0 aromatic carbocycles. The highest BCUT2D eigenvalue weighted by atomic mass is 16.1. The summed E-state index contributed by atoms with van der Waals surface area (Å²) < 4.78 is 0. The average Bonchev–Trinajstić information content (AvgIpc) is 3.31. The van der Waals surface area contributed by atoms with Crippen LogP contribution in [0.4, 0.5) is 0 Å². The fraction of sp³-hybridized carbons (Fsp3) is 0.577. The van der Waals surface area contributed by atoms with Crippen molar-refractivity contribution >= 4 is 5.91 Å². The highest BCUT2D eigenvalue weighted by Crippen LogP contribution is 2.15. The minimum Gasteiger partial charge on any atom is -0.348 e. The molecule has 0 radical (unpaired) electrons. The molecular weight excluding hydrogens is 342 g/mol. The second-order valence-electron chi connectivity index (χ2n) is 6.48. The molecule has 1 saturated carbocycles. The van der Waals surface area contributed by atoms with Crippen LogP contribution in [0.25, 0.3) is 0 Å². The predicted octanol–water partition coefficient (Wildman–Crippen LogP) is 8.10. The largest absolute Gasteiger partial charge is 0.348 e. The molecule has 0 aliphatic heterocycles. The first-order valence-electron chi connectivity index (χ1n) is 10.9. The van der Waals surface area contributed by atoms with Crippen LogP contribution in [0.15, 0.2) is 59.8 Å². The van der Waals surface area contributed by atoms with E-state index in [4.69, 9.17) is 0 Å². The highest BCUT2D eigenvalue weighted by Gasteiger charge is 2.05. The lowest BCUT2D eigenvalue weighted by molar-refractivity contribution is -0.117. The molecule has 28 heavy (non-hydrogen) atoms. The summed E-state index contributed by atoms with van der Waals surface area (Å²) in [6.45, 7) is 23.6. The van der Waals surface area contributed by atoms with E-state index < -0.39 is 0 Å². The van der Waals surface area contributed by atoms with E-state index in [0.717, 1.165) is 23.1 Å². The van der Waals surface area contributed by atoms with Crippen molar-refractivity contribution < 1.29 is 4.79 Å². The maximum absolute atomic E-state index is 11.7. The summed E-state index contributed by atoms with van der Waals surface area (Å²) in [5.74, 6) is -0.0191. The van der Waals surface area contributed by atoms with Crippen molar-refractivity contribution in [1.29, 1.82) is 0 Å². The molecule has 0 spiro atoms. The fourth-order valence-electron chi connectivity index (χ4n) is 2.17. The molecule has 0 atom stereocenters. The SMILES string of the molecule is C1CCCC1.C=C(/C=C(CNC(=O)/C(C)=C/C)\C(C)=C/C)CC.C=CC.CC. The molecule has 0 aromatic heterocycles. The van der Waals surface area contributed by atoms with Crippen LogP contribution in [-0.2, 0) is 4.79 Å². The Morgan fingerprint density at radius 3 is 1.64 bits per heavy atom. The van der Waals surface area contributed by atoms with Crippen LogP contribution in [0.2, 0.25) is 0 Å². The van der Waals surface area contributed by atoms with E-state index in [-0.39, 0.29) is 5.91 Å². The van der Waals surface area contributed by atoms with Crippen LogP contribution in [0.5, 0.6) is 0 Å². The Balaban J connectivity index is -0.000000509. The van der Waals surface area contributed by atoms with Gasteiger partial charge >= 0.3 is 0 Å². The van der Waals surface area contributed by atoms with Gasteiger partial charge in [-0.2, -0.15) is 0 Å². The van der Waals surface area contributed by atoms with Crippen molar-refractivity contribution in [2.24, 2.45) is 0 Å². The molecule has 0 unspecified atom stereocenters. The lowest BCUT2D eigenvalue weighted by Crippen LogP contribution is -2.26. The maximum atomic E-state index is 11.7. The molecule has 1 aliphatic rings. The molecule has 0 saturated heterocycles. The third kappa shape index (κ3) is 18.9. The maximum Gasteiger partial charge on any atom is 0.246 e. The van der Waals surface area contributed by atoms with E-state index in [1.54, 1.807) is 6.08 Å². The van der Waals surface area contributed by atoms with Crippen LogP contribution in [0.1, 0.15) is 93.9 Å². The van der Waals surface area contributed by atoms with Crippen LogP contribution in [0.3, 0.4) is 0 Å². The van der Waals surface area contributed by atoms with Gasteiger partial charge in [0.2, 0.25) is 5.91 Å². The van der Waals surface area contributed by atoms with Crippen LogP contribution < -0.4 is 5.32 Å². The molecule has 162 valence electrons. The van der Waals surface area contributed by atoms with Crippen molar-refractivity contribution in [3.63, 3.8) is 0 Å². The summed E-state index contributed by atoms with van der Waals surface area (Å²) in [7, 11) is 0. The second kappa shape index (κ2) is 23.2. The summed E-state index contributed by atoms with van der Waals surface area (Å²) in [4.78, 5) is 11.7. The topological polar surface area (TPSA) is 29.1 Å². The summed E-state index contributed by atoms with van der Waals surface area (Å²) in [5.41, 5.74) is 4.09. The minimum absolute atomic E-state index is 0.0191. The quantitative estimate of drug-likeness (QED) is 0.277. The molecule has 1 N–H and O–H groups in total. The van der Waals surface area contributed by atoms with Crippen molar-refractivity contribution in [2.45, 2.75) is 93.9 Å². The Bertz CT molecular complexity index is 495. The second-order valence-corrected chi connectivity index (χ2v) is 6.48.